The third-order valence-corrected chi connectivity index (χ3v) is 6.64. The highest BCUT2D eigenvalue weighted by molar-refractivity contribution is 6.31. The van der Waals surface area contributed by atoms with E-state index in [0.29, 0.717) is 28.9 Å². The van der Waals surface area contributed by atoms with Gasteiger partial charge in [-0.2, -0.15) is 0 Å². The summed E-state index contributed by atoms with van der Waals surface area (Å²) in [5.74, 6) is 2.82. The predicted molar refractivity (Wildman–Crippen MR) is 108 cm³/mol. The summed E-state index contributed by atoms with van der Waals surface area (Å²) in [5, 5.41) is 3.90. The Morgan fingerprint density at radius 1 is 1.15 bits per heavy atom. The molecule has 27 heavy (non-hydrogen) atoms. The number of hydrogen-bond acceptors (Lipinski definition) is 2. The number of hydrogen-bond donors (Lipinski definition) is 1. The standard InChI is InChI=1S/C23H26ClNO2/c1-15(20-13-16-10-11-17(20)12-16)25-23(26)19-7-3-5-9-22(19)27-14-18-6-2-4-8-21(18)24/h2-9,15-17,20H,10-14H2,1H3,(H,25,26). The Balaban J connectivity index is 1.42. The fraction of sp³-hybridized carbons (Fsp3) is 0.435. The molecule has 2 aliphatic carbocycles. The Morgan fingerprint density at radius 2 is 1.93 bits per heavy atom. The second-order valence-corrected chi connectivity index (χ2v) is 8.38. The maximum Gasteiger partial charge on any atom is 0.255 e. The average molecular weight is 384 g/mol. The van der Waals surface area contributed by atoms with E-state index in [4.69, 9.17) is 16.3 Å². The van der Waals surface area contributed by atoms with Gasteiger partial charge in [0.05, 0.1) is 5.56 Å². The van der Waals surface area contributed by atoms with E-state index in [0.717, 1.165) is 17.4 Å². The van der Waals surface area contributed by atoms with Gasteiger partial charge in [-0.25, -0.2) is 0 Å². The first-order chi connectivity index (χ1) is 13.1. The maximum atomic E-state index is 12.9. The lowest BCUT2D eigenvalue weighted by molar-refractivity contribution is 0.0910. The minimum Gasteiger partial charge on any atom is -0.488 e. The normalized spacial score (nSPS) is 24.6. The van der Waals surface area contributed by atoms with Crippen LogP contribution in [-0.2, 0) is 6.61 Å². The number of para-hydroxylation sites is 1. The lowest BCUT2D eigenvalue weighted by atomic mass is 9.84. The van der Waals surface area contributed by atoms with Gasteiger partial charge < -0.3 is 10.1 Å². The molecule has 3 nitrogen and oxygen atoms in total. The van der Waals surface area contributed by atoms with Gasteiger partial charge in [0.25, 0.3) is 5.91 Å². The second kappa shape index (κ2) is 7.93. The molecule has 4 atom stereocenters. The van der Waals surface area contributed by atoms with Crippen LogP contribution in [0, 0.1) is 17.8 Å². The Hall–Kier alpha value is -2.00. The number of benzene rings is 2. The van der Waals surface area contributed by atoms with E-state index in [9.17, 15) is 4.79 Å². The van der Waals surface area contributed by atoms with Crippen LogP contribution in [0.2, 0.25) is 5.02 Å². The quantitative estimate of drug-likeness (QED) is 0.717. The van der Waals surface area contributed by atoms with E-state index >= 15 is 0 Å². The van der Waals surface area contributed by atoms with Crippen molar-refractivity contribution in [1.29, 1.82) is 0 Å². The van der Waals surface area contributed by atoms with Gasteiger partial charge in [0, 0.05) is 16.6 Å². The third kappa shape index (κ3) is 3.98. The Morgan fingerprint density at radius 3 is 2.67 bits per heavy atom. The Bertz CT molecular complexity index is 822. The zero-order valence-electron chi connectivity index (χ0n) is 15.7. The summed E-state index contributed by atoms with van der Waals surface area (Å²) < 4.78 is 5.94. The number of ether oxygens (including phenoxy) is 1. The minimum absolute atomic E-state index is 0.0555. The molecule has 0 heterocycles. The fourth-order valence-electron chi connectivity index (χ4n) is 4.85. The molecule has 2 fully saturated rings. The smallest absolute Gasteiger partial charge is 0.255 e. The van der Waals surface area contributed by atoms with Crippen molar-refractivity contribution >= 4 is 17.5 Å². The van der Waals surface area contributed by atoms with Crippen LogP contribution in [0.15, 0.2) is 48.5 Å². The van der Waals surface area contributed by atoms with Gasteiger partial charge >= 0.3 is 0 Å². The van der Waals surface area contributed by atoms with Crippen molar-refractivity contribution in [2.45, 2.75) is 45.3 Å². The predicted octanol–water partition coefficient (Wildman–Crippen LogP) is 5.47. The van der Waals surface area contributed by atoms with E-state index in [1.807, 2.05) is 48.5 Å². The van der Waals surface area contributed by atoms with E-state index in [1.165, 1.54) is 25.7 Å². The average Bonchev–Trinajstić information content (AvgIpc) is 3.31. The summed E-state index contributed by atoms with van der Waals surface area (Å²) in [6.07, 6.45) is 5.31. The molecule has 2 saturated carbocycles. The van der Waals surface area contributed by atoms with Crippen molar-refractivity contribution < 1.29 is 9.53 Å². The number of carbonyl (C=O) groups is 1. The van der Waals surface area contributed by atoms with Crippen molar-refractivity contribution in [3.63, 3.8) is 0 Å². The molecular weight excluding hydrogens is 358 g/mol. The molecule has 0 aliphatic heterocycles. The minimum atomic E-state index is -0.0555. The SMILES string of the molecule is CC(NC(=O)c1ccccc1OCc1ccccc1Cl)C1CC2CCC1C2. The molecule has 1 amide bonds. The molecule has 2 aromatic rings. The number of nitrogens with one attached hydrogen (secondary N) is 1. The highest BCUT2D eigenvalue weighted by Gasteiger charge is 2.42. The monoisotopic (exact) mass is 383 g/mol. The highest BCUT2D eigenvalue weighted by atomic mass is 35.5. The number of fused-ring (bicyclic) bond motifs is 2. The van der Waals surface area contributed by atoms with Crippen LogP contribution in [0.4, 0.5) is 0 Å². The topological polar surface area (TPSA) is 38.3 Å². The van der Waals surface area contributed by atoms with Crippen LogP contribution in [0.3, 0.4) is 0 Å². The van der Waals surface area contributed by atoms with Crippen molar-refractivity contribution in [2.24, 2.45) is 17.8 Å². The molecule has 1 N–H and O–H groups in total. The molecule has 0 aromatic heterocycles. The number of rotatable bonds is 6. The van der Waals surface area contributed by atoms with Gasteiger partial charge in [-0.05, 0) is 62.1 Å². The molecule has 2 aliphatic rings. The van der Waals surface area contributed by atoms with E-state index in [-0.39, 0.29) is 11.9 Å². The molecule has 2 bridgehead atoms. The van der Waals surface area contributed by atoms with Crippen molar-refractivity contribution in [3.05, 3.63) is 64.7 Å². The number of halogens is 1. The molecule has 2 aromatic carbocycles. The van der Waals surface area contributed by atoms with Crippen molar-refractivity contribution in [3.8, 4) is 5.75 Å². The fourth-order valence-corrected chi connectivity index (χ4v) is 5.04. The van der Waals surface area contributed by atoms with Crippen molar-refractivity contribution in [2.75, 3.05) is 0 Å². The summed E-state index contributed by atoms with van der Waals surface area (Å²) in [5.41, 5.74) is 1.49. The number of carbonyl (C=O) groups excluding carboxylic acids is 1. The molecule has 0 radical (unpaired) electrons. The summed E-state index contributed by atoms with van der Waals surface area (Å²) in [6.45, 7) is 2.49. The zero-order chi connectivity index (χ0) is 18.8. The molecule has 4 heteroatoms. The Labute approximate surface area is 166 Å². The summed E-state index contributed by atoms with van der Waals surface area (Å²) in [6, 6.07) is 15.2. The summed E-state index contributed by atoms with van der Waals surface area (Å²) in [7, 11) is 0. The highest BCUT2D eigenvalue weighted by Crippen LogP contribution is 2.49. The lowest BCUT2D eigenvalue weighted by Crippen LogP contribution is -2.40. The first-order valence-electron chi connectivity index (χ1n) is 9.88. The van der Waals surface area contributed by atoms with Crippen LogP contribution >= 0.6 is 11.6 Å². The number of amides is 1. The molecule has 142 valence electrons. The van der Waals surface area contributed by atoms with Gasteiger partial charge in [-0.3, -0.25) is 4.79 Å². The molecule has 4 rings (SSSR count). The molecular formula is C23H26ClNO2. The van der Waals surface area contributed by atoms with Crippen LogP contribution < -0.4 is 10.1 Å². The van der Waals surface area contributed by atoms with Gasteiger partial charge in [0.1, 0.15) is 12.4 Å². The first-order valence-corrected chi connectivity index (χ1v) is 10.3. The van der Waals surface area contributed by atoms with Crippen LogP contribution in [0.5, 0.6) is 5.75 Å². The molecule has 0 saturated heterocycles. The van der Waals surface area contributed by atoms with Crippen LogP contribution in [0.25, 0.3) is 0 Å². The van der Waals surface area contributed by atoms with E-state index in [2.05, 4.69) is 12.2 Å². The third-order valence-electron chi connectivity index (χ3n) is 6.27. The zero-order valence-corrected chi connectivity index (χ0v) is 16.4. The van der Waals surface area contributed by atoms with Crippen LogP contribution in [-0.4, -0.2) is 11.9 Å². The van der Waals surface area contributed by atoms with Crippen molar-refractivity contribution in [1.82, 2.24) is 5.32 Å². The second-order valence-electron chi connectivity index (χ2n) is 7.98. The van der Waals surface area contributed by atoms with E-state index < -0.39 is 0 Å². The molecule has 4 unspecified atom stereocenters. The Kier molecular flexibility index (Phi) is 5.40. The largest absolute Gasteiger partial charge is 0.488 e. The van der Waals surface area contributed by atoms with Gasteiger partial charge in [0.15, 0.2) is 0 Å². The lowest BCUT2D eigenvalue weighted by Gasteiger charge is -2.28. The maximum absolute atomic E-state index is 12.9. The first kappa shape index (κ1) is 18.4. The summed E-state index contributed by atoms with van der Waals surface area (Å²) in [4.78, 5) is 12.9. The van der Waals surface area contributed by atoms with Gasteiger partial charge in [-0.1, -0.05) is 48.4 Å². The van der Waals surface area contributed by atoms with Gasteiger partial charge in [-0.15, -0.1) is 0 Å². The summed E-state index contributed by atoms with van der Waals surface area (Å²) >= 11 is 6.21. The van der Waals surface area contributed by atoms with Crippen LogP contribution in [0.1, 0.15) is 48.5 Å². The van der Waals surface area contributed by atoms with E-state index in [1.54, 1.807) is 0 Å². The van der Waals surface area contributed by atoms with Gasteiger partial charge in [0.2, 0.25) is 0 Å². The molecule has 0 spiro atoms.